The van der Waals surface area contributed by atoms with Gasteiger partial charge in [-0.1, -0.05) is 15.9 Å². The molecule has 1 heterocycles. The lowest BCUT2D eigenvalue weighted by atomic mass is 10.2. The number of alkyl halides is 1. The number of anilines is 1. The number of amides is 1. The summed E-state index contributed by atoms with van der Waals surface area (Å²) < 4.78 is 1.08. The fourth-order valence-corrected chi connectivity index (χ4v) is 1.09. The van der Waals surface area contributed by atoms with Crippen molar-refractivity contribution in [3.8, 4) is 0 Å². The molecule has 0 radical (unpaired) electrons. The van der Waals surface area contributed by atoms with Crippen molar-refractivity contribution in [3.63, 3.8) is 0 Å². The minimum atomic E-state index is -0.564. The summed E-state index contributed by atoms with van der Waals surface area (Å²) in [6.07, 6.45) is 0. The van der Waals surface area contributed by atoms with Crippen LogP contribution in [0.1, 0.15) is 19.5 Å². The molecule has 0 aliphatic carbocycles. The predicted molar refractivity (Wildman–Crippen MR) is 59.6 cm³/mol. The molecule has 0 saturated heterocycles. The summed E-state index contributed by atoms with van der Waals surface area (Å²) in [5, 5.41) is 6.92. The quantitative estimate of drug-likeness (QED) is 0.825. The maximum atomic E-state index is 11.6. The Hall–Kier alpha value is -0.840. The first-order valence-electron chi connectivity index (χ1n) is 4.31. The molecule has 1 N–H and O–H groups in total. The van der Waals surface area contributed by atoms with E-state index in [1.165, 1.54) is 0 Å². The van der Waals surface area contributed by atoms with Crippen molar-refractivity contribution in [2.45, 2.75) is 25.1 Å². The number of carbonyl (C=O) groups is 1. The fourth-order valence-electron chi connectivity index (χ4n) is 0.993. The lowest BCUT2D eigenvalue weighted by Gasteiger charge is -2.15. The summed E-state index contributed by atoms with van der Waals surface area (Å²) in [7, 11) is 1.80. The van der Waals surface area contributed by atoms with Crippen LogP contribution in [0.2, 0.25) is 0 Å². The Kier molecular flexibility index (Phi) is 2.99. The topological polar surface area (TPSA) is 46.9 Å². The number of aromatic nitrogens is 2. The standard InChI is InChI=1S/C9H14BrN3O/c1-6-5-7(13(4)12-6)11-8(14)9(2,3)10/h5H,1-4H3,(H,11,14). The molecular weight excluding hydrogens is 246 g/mol. The fraction of sp³-hybridized carbons (Fsp3) is 0.556. The van der Waals surface area contributed by atoms with Gasteiger partial charge in [-0.05, 0) is 20.8 Å². The number of hydrogen-bond donors (Lipinski definition) is 1. The maximum Gasteiger partial charge on any atom is 0.241 e. The van der Waals surface area contributed by atoms with Gasteiger partial charge in [-0.15, -0.1) is 0 Å². The second-order valence-corrected chi connectivity index (χ2v) is 5.70. The van der Waals surface area contributed by atoms with Crippen LogP contribution in [0.3, 0.4) is 0 Å². The summed E-state index contributed by atoms with van der Waals surface area (Å²) >= 11 is 3.29. The van der Waals surface area contributed by atoms with Crippen LogP contribution in [0, 0.1) is 6.92 Å². The summed E-state index contributed by atoms with van der Waals surface area (Å²) in [5.41, 5.74) is 0.884. The molecule has 1 aromatic heterocycles. The summed E-state index contributed by atoms with van der Waals surface area (Å²) in [5.74, 6) is 0.625. The number of aryl methyl sites for hydroxylation is 2. The van der Waals surface area contributed by atoms with Crippen LogP contribution >= 0.6 is 15.9 Å². The molecule has 0 spiro atoms. The largest absolute Gasteiger partial charge is 0.310 e. The van der Waals surface area contributed by atoms with Crippen molar-refractivity contribution in [1.29, 1.82) is 0 Å². The molecule has 0 aliphatic rings. The first-order chi connectivity index (χ1) is 6.30. The molecule has 78 valence electrons. The van der Waals surface area contributed by atoms with E-state index >= 15 is 0 Å². The van der Waals surface area contributed by atoms with Crippen molar-refractivity contribution < 1.29 is 4.79 Å². The van der Waals surface area contributed by atoms with Gasteiger partial charge in [0.2, 0.25) is 5.91 Å². The van der Waals surface area contributed by atoms with Crippen LogP contribution in [-0.4, -0.2) is 20.0 Å². The van der Waals surface area contributed by atoms with E-state index in [-0.39, 0.29) is 5.91 Å². The zero-order valence-electron chi connectivity index (χ0n) is 8.76. The van der Waals surface area contributed by atoms with Gasteiger partial charge >= 0.3 is 0 Å². The smallest absolute Gasteiger partial charge is 0.241 e. The van der Waals surface area contributed by atoms with Crippen LogP contribution in [-0.2, 0) is 11.8 Å². The molecule has 5 heteroatoms. The van der Waals surface area contributed by atoms with E-state index in [0.717, 1.165) is 5.69 Å². The number of nitrogens with one attached hydrogen (secondary N) is 1. The molecule has 0 saturated carbocycles. The van der Waals surface area contributed by atoms with Crippen LogP contribution < -0.4 is 5.32 Å². The van der Waals surface area contributed by atoms with E-state index in [1.807, 2.05) is 13.0 Å². The highest BCUT2D eigenvalue weighted by Crippen LogP contribution is 2.18. The zero-order chi connectivity index (χ0) is 10.9. The SMILES string of the molecule is Cc1cc(NC(=O)C(C)(C)Br)n(C)n1. The van der Waals surface area contributed by atoms with Gasteiger partial charge in [0, 0.05) is 13.1 Å². The van der Waals surface area contributed by atoms with Crippen molar-refractivity contribution in [3.05, 3.63) is 11.8 Å². The molecular formula is C9H14BrN3O. The van der Waals surface area contributed by atoms with Gasteiger partial charge in [0.1, 0.15) is 5.82 Å². The second kappa shape index (κ2) is 3.73. The molecule has 0 aliphatic heterocycles. The Bertz CT molecular complexity index is 351. The first kappa shape index (κ1) is 11.2. The van der Waals surface area contributed by atoms with Gasteiger partial charge in [-0.25, -0.2) is 0 Å². The lowest BCUT2D eigenvalue weighted by Crippen LogP contribution is -2.31. The molecule has 0 unspecified atom stereocenters. The van der Waals surface area contributed by atoms with Crippen LogP contribution in [0.15, 0.2) is 6.07 Å². The van der Waals surface area contributed by atoms with E-state index in [1.54, 1.807) is 25.6 Å². The Morgan fingerprint density at radius 2 is 2.21 bits per heavy atom. The van der Waals surface area contributed by atoms with Crippen LogP contribution in [0.5, 0.6) is 0 Å². The van der Waals surface area contributed by atoms with Crippen LogP contribution in [0.25, 0.3) is 0 Å². The maximum absolute atomic E-state index is 11.6. The molecule has 1 amide bonds. The first-order valence-corrected chi connectivity index (χ1v) is 5.11. The highest BCUT2D eigenvalue weighted by atomic mass is 79.9. The van der Waals surface area contributed by atoms with Gasteiger partial charge in [0.05, 0.1) is 10.0 Å². The van der Waals surface area contributed by atoms with Crippen molar-refractivity contribution >= 4 is 27.7 Å². The summed E-state index contributed by atoms with van der Waals surface area (Å²) in [6.45, 7) is 5.48. The molecule has 4 nitrogen and oxygen atoms in total. The summed E-state index contributed by atoms with van der Waals surface area (Å²) in [6, 6.07) is 1.83. The third-order valence-electron chi connectivity index (χ3n) is 1.78. The number of rotatable bonds is 2. The monoisotopic (exact) mass is 259 g/mol. The normalized spacial score (nSPS) is 11.5. The van der Waals surface area contributed by atoms with Gasteiger partial charge < -0.3 is 5.32 Å². The average Bonchev–Trinajstić information content (AvgIpc) is 2.28. The van der Waals surface area contributed by atoms with Crippen molar-refractivity contribution in [2.75, 3.05) is 5.32 Å². The minimum Gasteiger partial charge on any atom is -0.310 e. The van der Waals surface area contributed by atoms with Gasteiger partial charge in [0.25, 0.3) is 0 Å². The molecule has 0 aromatic carbocycles. The van der Waals surface area contributed by atoms with Gasteiger partial charge in [0.15, 0.2) is 0 Å². The Morgan fingerprint density at radius 1 is 1.64 bits per heavy atom. The van der Waals surface area contributed by atoms with Crippen molar-refractivity contribution in [2.24, 2.45) is 7.05 Å². The van der Waals surface area contributed by atoms with E-state index in [4.69, 9.17) is 0 Å². The molecule has 0 fully saturated rings. The number of hydrogen-bond acceptors (Lipinski definition) is 2. The van der Waals surface area contributed by atoms with Gasteiger partial charge in [-0.2, -0.15) is 5.10 Å². The van der Waals surface area contributed by atoms with Crippen molar-refractivity contribution in [1.82, 2.24) is 9.78 Å². The predicted octanol–water partition coefficient (Wildman–Crippen LogP) is 1.84. The third kappa shape index (κ3) is 2.57. The highest BCUT2D eigenvalue weighted by Gasteiger charge is 2.24. The van der Waals surface area contributed by atoms with Gasteiger partial charge in [-0.3, -0.25) is 9.48 Å². The molecule has 0 atom stereocenters. The zero-order valence-corrected chi connectivity index (χ0v) is 10.3. The second-order valence-electron chi connectivity index (χ2n) is 3.72. The lowest BCUT2D eigenvalue weighted by molar-refractivity contribution is -0.117. The Balaban J connectivity index is 2.80. The number of nitrogens with zero attached hydrogens (tertiary/aromatic N) is 2. The number of halogens is 1. The van der Waals surface area contributed by atoms with E-state index in [9.17, 15) is 4.79 Å². The minimum absolute atomic E-state index is 0.0829. The molecule has 14 heavy (non-hydrogen) atoms. The van der Waals surface area contributed by atoms with E-state index in [2.05, 4.69) is 26.3 Å². The van der Waals surface area contributed by atoms with E-state index in [0.29, 0.717) is 5.82 Å². The Labute approximate surface area is 91.8 Å². The average molecular weight is 260 g/mol. The molecule has 1 rings (SSSR count). The molecule has 1 aromatic rings. The number of carbonyl (C=O) groups excluding carboxylic acids is 1. The Morgan fingerprint density at radius 3 is 2.57 bits per heavy atom. The van der Waals surface area contributed by atoms with Crippen LogP contribution in [0.4, 0.5) is 5.82 Å². The third-order valence-corrected chi connectivity index (χ3v) is 2.14. The summed E-state index contributed by atoms with van der Waals surface area (Å²) in [4.78, 5) is 11.6. The molecule has 0 bridgehead atoms. The van der Waals surface area contributed by atoms with E-state index < -0.39 is 4.32 Å². The highest BCUT2D eigenvalue weighted by molar-refractivity contribution is 9.10.